The molecule has 2 aliphatic rings. The van der Waals surface area contributed by atoms with Gasteiger partial charge in [0.15, 0.2) is 0 Å². The lowest BCUT2D eigenvalue weighted by Crippen LogP contribution is -2.44. The van der Waals surface area contributed by atoms with Crippen LogP contribution in [0.25, 0.3) is 0 Å². The zero-order valence-electron chi connectivity index (χ0n) is 10.9. The van der Waals surface area contributed by atoms with E-state index in [0.717, 1.165) is 25.7 Å². The fourth-order valence-corrected chi connectivity index (χ4v) is 2.21. The van der Waals surface area contributed by atoms with Crippen LogP contribution >= 0.6 is 0 Å². The van der Waals surface area contributed by atoms with E-state index < -0.39 is 5.60 Å². The summed E-state index contributed by atoms with van der Waals surface area (Å²) in [6.07, 6.45) is 3.61. The van der Waals surface area contributed by atoms with Gasteiger partial charge < -0.3 is 9.64 Å². The number of nitrogens with zero attached hydrogens (tertiary/aromatic N) is 1. The largest absolute Gasteiger partial charge is 0.458 e. The Balaban J connectivity index is 1.98. The van der Waals surface area contributed by atoms with Crippen LogP contribution in [-0.2, 0) is 14.3 Å². The van der Waals surface area contributed by atoms with Gasteiger partial charge in [0.2, 0.25) is 5.91 Å². The molecule has 1 amide bonds. The van der Waals surface area contributed by atoms with Crippen LogP contribution in [0.1, 0.15) is 46.5 Å². The molecule has 0 aromatic rings. The molecule has 1 saturated carbocycles. The van der Waals surface area contributed by atoms with Crippen LogP contribution in [0.4, 0.5) is 0 Å². The van der Waals surface area contributed by atoms with E-state index in [9.17, 15) is 9.59 Å². The van der Waals surface area contributed by atoms with Gasteiger partial charge in [-0.2, -0.15) is 0 Å². The average molecular weight is 239 g/mol. The first kappa shape index (κ1) is 12.4. The van der Waals surface area contributed by atoms with Crippen LogP contribution in [0.2, 0.25) is 0 Å². The highest BCUT2D eigenvalue weighted by atomic mass is 16.6. The summed E-state index contributed by atoms with van der Waals surface area (Å²) in [5.74, 6) is 0.0837. The van der Waals surface area contributed by atoms with E-state index in [0.29, 0.717) is 6.54 Å². The molecule has 0 N–H and O–H groups in total. The molecule has 1 atom stereocenters. The van der Waals surface area contributed by atoms with Crippen molar-refractivity contribution in [3.63, 3.8) is 0 Å². The maximum Gasteiger partial charge on any atom is 0.329 e. The van der Waals surface area contributed by atoms with Crippen molar-refractivity contribution in [1.29, 1.82) is 0 Å². The van der Waals surface area contributed by atoms with Crippen molar-refractivity contribution in [2.75, 3.05) is 6.54 Å². The highest BCUT2D eigenvalue weighted by molar-refractivity contribution is 5.87. The van der Waals surface area contributed by atoms with Crippen LogP contribution in [0.15, 0.2) is 0 Å². The molecule has 2 fully saturated rings. The van der Waals surface area contributed by atoms with E-state index in [-0.39, 0.29) is 23.8 Å². The number of amides is 1. The van der Waals surface area contributed by atoms with Gasteiger partial charge in [-0.05, 0) is 46.5 Å². The molecule has 0 aromatic carbocycles. The Morgan fingerprint density at radius 2 is 1.82 bits per heavy atom. The standard InChI is InChI=1S/C13H21NO3/c1-13(2,3)17-12(16)10-5-4-8-14(10)11(15)9-6-7-9/h9-10H,4-8H2,1-3H3/t10-/m1/s1. The van der Waals surface area contributed by atoms with Crippen molar-refractivity contribution >= 4 is 11.9 Å². The zero-order chi connectivity index (χ0) is 12.6. The maximum atomic E-state index is 12.0. The first-order chi connectivity index (χ1) is 7.88. The summed E-state index contributed by atoms with van der Waals surface area (Å²) in [6, 6.07) is -0.345. The molecule has 0 unspecified atom stereocenters. The van der Waals surface area contributed by atoms with Gasteiger partial charge in [-0.25, -0.2) is 4.79 Å². The van der Waals surface area contributed by atoms with Gasteiger partial charge >= 0.3 is 5.97 Å². The van der Waals surface area contributed by atoms with Crippen molar-refractivity contribution in [2.45, 2.75) is 58.1 Å². The second kappa shape index (κ2) is 4.31. The van der Waals surface area contributed by atoms with E-state index in [1.807, 2.05) is 20.8 Å². The molecule has 0 spiro atoms. The lowest BCUT2D eigenvalue weighted by Gasteiger charge is -2.27. The Morgan fingerprint density at radius 3 is 2.35 bits per heavy atom. The first-order valence-electron chi connectivity index (χ1n) is 6.42. The normalized spacial score (nSPS) is 24.9. The van der Waals surface area contributed by atoms with E-state index in [1.165, 1.54) is 0 Å². The predicted octanol–water partition coefficient (Wildman–Crippen LogP) is 1.73. The van der Waals surface area contributed by atoms with Gasteiger partial charge in [-0.1, -0.05) is 0 Å². The molecule has 4 nitrogen and oxygen atoms in total. The summed E-state index contributed by atoms with van der Waals surface area (Å²) in [5, 5.41) is 0. The van der Waals surface area contributed by atoms with Crippen molar-refractivity contribution in [3.05, 3.63) is 0 Å². The number of rotatable bonds is 2. The second-order valence-electron chi connectivity index (χ2n) is 6.00. The Labute approximate surface area is 102 Å². The van der Waals surface area contributed by atoms with Crippen molar-refractivity contribution in [2.24, 2.45) is 5.92 Å². The number of carbonyl (C=O) groups is 2. The second-order valence-corrected chi connectivity index (χ2v) is 6.00. The van der Waals surface area contributed by atoms with Crippen molar-refractivity contribution < 1.29 is 14.3 Å². The van der Waals surface area contributed by atoms with Crippen LogP contribution in [-0.4, -0.2) is 35.0 Å². The third-order valence-corrected chi connectivity index (χ3v) is 3.14. The molecule has 1 aliphatic heterocycles. The average Bonchev–Trinajstić information content (AvgIpc) is 2.91. The zero-order valence-corrected chi connectivity index (χ0v) is 10.9. The summed E-state index contributed by atoms with van der Waals surface area (Å²) in [6.45, 7) is 6.27. The summed E-state index contributed by atoms with van der Waals surface area (Å²) >= 11 is 0. The van der Waals surface area contributed by atoms with Crippen LogP contribution < -0.4 is 0 Å². The van der Waals surface area contributed by atoms with E-state index in [1.54, 1.807) is 4.90 Å². The Bertz CT molecular complexity index is 328. The molecular formula is C13H21NO3. The molecular weight excluding hydrogens is 218 g/mol. The van der Waals surface area contributed by atoms with Gasteiger partial charge in [0.1, 0.15) is 11.6 Å². The monoisotopic (exact) mass is 239 g/mol. The summed E-state index contributed by atoms with van der Waals surface area (Å²) in [4.78, 5) is 25.7. The highest BCUT2D eigenvalue weighted by Gasteiger charge is 2.42. The summed E-state index contributed by atoms with van der Waals surface area (Å²) in [5.41, 5.74) is -0.478. The number of ether oxygens (including phenoxy) is 1. The Hall–Kier alpha value is -1.06. The first-order valence-corrected chi connectivity index (χ1v) is 6.42. The number of hydrogen-bond acceptors (Lipinski definition) is 3. The smallest absolute Gasteiger partial charge is 0.329 e. The van der Waals surface area contributed by atoms with E-state index in [4.69, 9.17) is 4.74 Å². The van der Waals surface area contributed by atoms with Gasteiger partial charge in [0.25, 0.3) is 0 Å². The lowest BCUT2D eigenvalue weighted by molar-refractivity contribution is -0.163. The number of esters is 1. The number of hydrogen-bond donors (Lipinski definition) is 0. The Morgan fingerprint density at radius 1 is 1.18 bits per heavy atom. The molecule has 0 bridgehead atoms. The highest BCUT2D eigenvalue weighted by Crippen LogP contribution is 2.34. The van der Waals surface area contributed by atoms with Gasteiger partial charge in [0, 0.05) is 12.5 Å². The number of likely N-dealkylation sites (tertiary alicyclic amines) is 1. The molecule has 0 radical (unpaired) electrons. The molecule has 17 heavy (non-hydrogen) atoms. The van der Waals surface area contributed by atoms with Gasteiger partial charge in [0.05, 0.1) is 0 Å². The summed E-state index contributed by atoms with van der Waals surface area (Å²) in [7, 11) is 0. The molecule has 2 rings (SSSR count). The third kappa shape index (κ3) is 2.99. The SMILES string of the molecule is CC(C)(C)OC(=O)[C@H]1CCCN1C(=O)C1CC1. The maximum absolute atomic E-state index is 12.0. The van der Waals surface area contributed by atoms with Crippen LogP contribution in [0.5, 0.6) is 0 Å². The van der Waals surface area contributed by atoms with Crippen LogP contribution in [0, 0.1) is 5.92 Å². The van der Waals surface area contributed by atoms with Crippen LogP contribution in [0.3, 0.4) is 0 Å². The van der Waals surface area contributed by atoms with Crippen molar-refractivity contribution in [3.8, 4) is 0 Å². The molecule has 1 heterocycles. The molecule has 1 aliphatic carbocycles. The topological polar surface area (TPSA) is 46.6 Å². The lowest BCUT2D eigenvalue weighted by atomic mass is 10.1. The predicted molar refractivity (Wildman–Crippen MR) is 63.3 cm³/mol. The quantitative estimate of drug-likeness (QED) is 0.689. The molecule has 1 saturated heterocycles. The van der Waals surface area contributed by atoms with Gasteiger partial charge in [-0.3, -0.25) is 4.79 Å². The third-order valence-electron chi connectivity index (χ3n) is 3.14. The fraction of sp³-hybridized carbons (Fsp3) is 0.846. The Kier molecular flexibility index (Phi) is 3.15. The minimum atomic E-state index is -0.478. The minimum Gasteiger partial charge on any atom is -0.458 e. The van der Waals surface area contributed by atoms with E-state index >= 15 is 0 Å². The molecule has 4 heteroatoms. The summed E-state index contributed by atoms with van der Waals surface area (Å²) < 4.78 is 5.37. The molecule has 96 valence electrons. The van der Waals surface area contributed by atoms with Crippen molar-refractivity contribution in [1.82, 2.24) is 4.90 Å². The van der Waals surface area contributed by atoms with Gasteiger partial charge in [-0.15, -0.1) is 0 Å². The number of carbonyl (C=O) groups excluding carboxylic acids is 2. The minimum absolute atomic E-state index is 0.151. The molecule has 0 aromatic heterocycles. The fourth-order valence-electron chi connectivity index (χ4n) is 2.21. The van der Waals surface area contributed by atoms with E-state index in [2.05, 4.69) is 0 Å².